The van der Waals surface area contributed by atoms with E-state index in [1.807, 2.05) is 26.0 Å². The van der Waals surface area contributed by atoms with Crippen LogP contribution in [0.1, 0.15) is 0 Å². The van der Waals surface area contributed by atoms with Gasteiger partial charge in [0.2, 0.25) is 0 Å². The first-order valence-electron chi connectivity index (χ1n) is 2.07. The lowest BCUT2D eigenvalue weighted by atomic mass is 10.9. The summed E-state index contributed by atoms with van der Waals surface area (Å²) in [6.45, 7) is 0. The van der Waals surface area contributed by atoms with Crippen LogP contribution in [0.3, 0.4) is 0 Å². The van der Waals surface area contributed by atoms with E-state index in [2.05, 4.69) is 5.32 Å². The summed E-state index contributed by atoms with van der Waals surface area (Å²) in [5.41, 5.74) is 0. The molecule has 1 N–H and O–H groups in total. The Bertz CT molecular complexity index is 72.4. The molecule has 4 heteroatoms. The predicted octanol–water partition coefficient (Wildman–Crippen LogP) is 0.165. The Kier molecular flexibility index (Phi) is 7.08. The summed E-state index contributed by atoms with van der Waals surface area (Å²) in [6.07, 6.45) is 0. The Morgan fingerprint density at radius 3 is 1.88 bits per heavy atom. The first-order valence-corrected chi connectivity index (χ1v) is 2.48. The summed E-state index contributed by atoms with van der Waals surface area (Å²) in [6, 6.07) is 0. The minimum atomic E-state index is 0. The standard InChI is InChI=1S/C4H10N2S.H2S/c1-5-4(7)6(2)3;/h1-3H3,(H,5,7);1H2. The number of hydrogen-bond donors (Lipinski definition) is 1. The van der Waals surface area contributed by atoms with E-state index >= 15 is 0 Å². The van der Waals surface area contributed by atoms with Crippen LogP contribution in [0.4, 0.5) is 0 Å². The summed E-state index contributed by atoms with van der Waals surface area (Å²) < 4.78 is 0. The van der Waals surface area contributed by atoms with Crippen LogP contribution in [-0.4, -0.2) is 31.2 Å². The Labute approximate surface area is 62.7 Å². The molecule has 0 aromatic rings. The van der Waals surface area contributed by atoms with Crippen molar-refractivity contribution in [1.29, 1.82) is 0 Å². The molecule has 8 heavy (non-hydrogen) atoms. The van der Waals surface area contributed by atoms with Crippen molar-refractivity contribution in [2.75, 3.05) is 21.1 Å². The molecule has 0 radical (unpaired) electrons. The molecular formula is C4H12N2S2. The van der Waals surface area contributed by atoms with E-state index in [4.69, 9.17) is 12.2 Å². The van der Waals surface area contributed by atoms with Crippen molar-refractivity contribution in [3.8, 4) is 0 Å². The average molecular weight is 152 g/mol. The van der Waals surface area contributed by atoms with Crippen LogP contribution in [0.5, 0.6) is 0 Å². The molecule has 0 spiro atoms. The van der Waals surface area contributed by atoms with Crippen molar-refractivity contribution in [3.63, 3.8) is 0 Å². The zero-order valence-electron chi connectivity index (χ0n) is 5.36. The molecule has 50 valence electrons. The third-order valence-corrected chi connectivity index (χ3v) is 1.19. The van der Waals surface area contributed by atoms with Crippen LogP contribution in [-0.2, 0) is 0 Å². The van der Waals surface area contributed by atoms with Crippen molar-refractivity contribution in [2.24, 2.45) is 0 Å². The minimum absolute atomic E-state index is 0. The Balaban J connectivity index is 0. The lowest BCUT2D eigenvalue weighted by molar-refractivity contribution is 0.612. The summed E-state index contributed by atoms with van der Waals surface area (Å²) >= 11 is 4.79. The lowest BCUT2D eigenvalue weighted by Crippen LogP contribution is -2.30. The first kappa shape index (κ1) is 10.9. The highest BCUT2D eigenvalue weighted by molar-refractivity contribution is 7.80. The molecule has 0 aliphatic rings. The highest BCUT2D eigenvalue weighted by Crippen LogP contribution is 1.72. The molecule has 0 saturated carbocycles. The van der Waals surface area contributed by atoms with Gasteiger partial charge in [0.05, 0.1) is 0 Å². The fourth-order valence-corrected chi connectivity index (χ4v) is 0.224. The van der Waals surface area contributed by atoms with Crippen LogP contribution >= 0.6 is 25.7 Å². The molecule has 0 aromatic heterocycles. The molecule has 0 rings (SSSR count). The Morgan fingerprint density at radius 2 is 1.88 bits per heavy atom. The van der Waals surface area contributed by atoms with Crippen LogP contribution in [0.25, 0.3) is 0 Å². The predicted molar refractivity (Wildman–Crippen MR) is 45.7 cm³/mol. The number of hydrogen-bond acceptors (Lipinski definition) is 1. The van der Waals surface area contributed by atoms with E-state index in [1.165, 1.54) is 0 Å². The quantitative estimate of drug-likeness (QED) is 0.498. The van der Waals surface area contributed by atoms with E-state index in [0.29, 0.717) is 0 Å². The second-order valence-corrected chi connectivity index (χ2v) is 1.84. The highest BCUT2D eigenvalue weighted by Gasteiger charge is 1.88. The van der Waals surface area contributed by atoms with Gasteiger partial charge in [0, 0.05) is 21.1 Å². The van der Waals surface area contributed by atoms with Gasteiger partial charge in [0.15, 0.2) is 5.11 Å². The molecule has 0 aromatic carbocycles. The van der Waals surface area contributed by atoms with Gasteiger partial charge >= 0.3 is 0 Å². The van der Waals surface area contributed by atoms with Gasteiger partial charge in [0.1, 0.15) is 0 Å². The second-order valence-electron chi connectivity index (χ2n) is 1.45. The molecule has 0 bridgehead atoms. The summed E-state index contributed by atoms with van der Waals surface area (Å²) in [5, 5.41) is 3.59. The SMILES string of the molecule is CNC(=S)N(C)C.S. The van der Waals surface area contributed by atoms with Gasteiger partial charge in [0.25, 0.3) is 0 Å². The fourth-order valence-electron chi connectivity index (χ4n) is 0.224. The molecule has 0 unspecified atom stereocenters. The van der Waals surface area contributed by atoms with Crippen LogP contribution in [0, 0.1) is 0 Å². The molecule has 0 aliphatic heterocycles. The van der Waals surface area contributed by atoms with Crippen LogP contribution in [0.15, 0.2) is 0 Å². The van der Waals surface area contributed by atoms with E-state index in [1.54, 1.807) is 0 Å². The maximum Gasteiger partial charge on any atom is 0.168 e. The van der Waals surface area contributed by atoms with Crippen molar-refractivity contribution < 1.29 is 0 Å². The largest absolute Gasteiger partial charge is 0.366 e. The molecule has 0 fully saturated rings. The number of nitrogens with zero attached hydrogens (tertiary/aromatic N) is 1. The van der Waals surface area contributed by atoms with Crippen molar-refractivity contribution in [2.45, 2.75) is 0 Å². The van der Waals surface area contributed by atoms with Gasteiger partial charge in [-0.15, -0.1) is 0 Å². The van der Waals surface area contributed by atoms with Crippen molar-refractivity contribution >= 4 is 30.8 Å². The molecule has 0 saturated heterocycles. The van der Waals surface area contributed by atoms with E-state index in [-0.39, 0.29) is 13.5 Å². The van der Waals surface area contributed by atoms with Gasteiger partial charge in [-0.05, 0) is 12.2 Å². The summed E-state index contributed by atoms with van der Waals surface area (Å²) in [7, 11) is 5.61. The topological polar surface area (TPSA) is 15.3 Å². The monoisotopic (exact) mass is 152 g/mol. The lowest BCUT2D eigenvalue weighted by Gasteiger charge is -2.11. The zero-order valence-corrected chi connectivity index (χ0v) is 7.17. The van der Waals surface area contributed by atoms with Gasteiger partial charge in [-0.1, -0.05) is 0 Å². The molecule has 0 amide bonds. The molecule has 0 atom stereocenters. The van der Waals surface area contributed by atoms with Gasteiger partial charge in [-0.25, -0.2) is 0 Å². The zero-order chi connectivity index (χ0) is 5.86. The summed E-state index contributed by atoms with van der Waals surface area (Å²) in [5.74, 6) is 0. The van der Waals surface area contributed by atoms with E-state index in [0.717, 1.165) is 5.11 Å². The second kappa shape index (κ2) is 5.18. The maximum atomic E-state index is 4.79. The van der Waals surface area contributed by atoms with Gasteiger partial charge in [-0.3, -0.25) is 0 Å². The highest BCUT2D eigenvalue weighted by atomic mass is 32.1. The number of rotatable bonds is 0. The third kappa shape index (κ3) is 4.21. The normalized spacial score (nSPS) is 6.88. The van der Waals surface area contributed by atoms with Gasteiger partial charge in [-0.2, -0.15) is 13.5 Å². The van der Waals surface area contributed by atoms with Crippen LogP contribution in [0.2, 0.25) is 0 Å². The molecule has 2 nitrogen and oxygen atoms in total. The van der Waals surface area contributed by atoms with Crippen molar-refractivity contribution in [3.05, 3.63) is 0 Å². The average Bonchev–Trinajstić information content (AvgIpc) is 1.65. The molecule has 0 aliphatic carbocycles. The van der Waals surface area contributed by atoms with E-state index in [9.17, 15) is 0 Å². The van der Waals surface area contributed by atoms with Crippen LogP contribution < -0.4 is 5.32 Å². The number of nitrogens with one attached hydrogen (secondary N) is 1. The van der Waals surface area contributed by atoms with Gasteiger partial charge < -0.3 is 10.2 Å². The maximum absolute atomic E-state index is 4.79. The smallest absolute Gasteiger partial charge is 0.168 e. The molecular weight excluding hydrogens is 140 g/mol. The fraction of sp³-hybridized carbons (Fsp3) is 0.750. The first-order chi connectivity index (χ1) is 3.18. The number of thiocarbonyl (C=S) groups is 1. The Hall–Kier alpha value is 0.0400. The van der Waals surface area contributed by atoms with E-state index < -0.39 is 0 Å². The molecule has 0 heterocycles. The minimum Gasteiger partial charge on any atom is -0.366 e. The third-order valence-electron chi connectivity index (χ3n) is 0.620. The summed E-state index contributed by atoms with van der Waals surface area (Å²) in [4.78, 5) is 1.84. The Morgan fingerprint density at radius 1 is 1.50 bits per heavy atom. The van der Waals surface area contributed by atoms with Crippen molar-refractivity contribution in [1.82, 2.24) is 10.2 Å².